The van der Waals surface area contributed by atoms with Gasteiger partial charge in [-0.15, -0.1) is 0 Å². The molecule has 0 aromatic heterocycles. The Bertz CT molecular complexity index is 468. The van der Waals surface area contributed by atoms with Gasteiger partial charge in [0, 0.05) is 36.8 Å². The van der Waals surface area contributed by atoms with E-state index in [0.717, 1.165) is 0 Å². The smallest absolute Gasteiger partial charge is 0.429 e. The molecule has 0 aromatic rings. The number of hydrogen-bond donors (Lipinski definition) is 1. The molecule has 0 bridgehead atoms. The van der Waals surface area contributed by atoms with Gasteiger partial charge >= 0.3 is 6.16 Å². The van der Waals surface area contributed by atoms with E-state index in [4.69, 9.17) is 9.57 Å². The van der Waals surface area contributed by atoms with E-state index in [0.29, 0.717) is 17.9 Å². The largest absolute Gasteiger partial charge is 0.534 e. The molecule has 1 N–H and O–H groups in total. The van der Waals surface area contributed by atoms with Crippen LogP contribution in [0.15, 0.2) is 0 Å². The molecule has 2 fully saturated rings. The molecule has 0 saturated carbocycles. The molecule has 2 aliphatic heterocycles. The van der Waals surface area contributed by atoms with Crippen molar-refractivity contribution >= 4 is 18.0 Å². The number of ether oxygens (including phenoxy) is 1. The summed E-state index contributed by atoms with van der Waals surface area (Å²) >= 11 is 0. The summed E-state index contributed by atoms with van der Waals surface area (Å²) in [6, 6.07) is 0. The number of hydroxylamine groups is 4. The Labute approximate surface area is 128 Å². The van der Waals surface area contributed by atoms with Gasteiger partial charge in [0.15, 0.2) is 0 Å². The van der Waals surface area contributed by atoms with Crippen molar-refractivity contribution in [3.63, 3.8) is 0 Å². The fourth-order valence-electron chi connectivity index (χ4n) is 3.15. The zero-order valence-corrected chi connectivity index (χ0v) is 13.3. The van der Waals surface area contributed by atoms with Crippen molar-refractivity contribution in [1.82, 2.24) is 10.1 Å². The maximum absolute atomic E-state index is 11.8. The molecule has 0 aliphatic carbocycles. The van der Waals surface area contributed by atoms with Crippen LogP contribution in [0.3, 0.4) is 0 Å². The van der Waals surface area contributed by atoms with Crippen LogP contribution < -0.4 is 0 Å². The van der Waals surface area contributed by atoms with Crippen molar-refractivity contribution < 1.29 is 29.2 Å². The third-order valence-electron chi connectivity index (χ3n) is 4.04. The van der Waals surface area contributed by atoms with Gasteiger partial charge in [0.2, 0.25) is 0 Å². The SMILES string of the molecule is CC1(C)CC(OC(=O)ON2C(=O)CCC2=O)CC(C)(C)N1O. The molecule has 0 radical (unpaired) electrons. The van der Waals surface area contributed by atoms with E-state index in [2.05, 4.69) is 0 Å². The molecule has 2 rings (SSSR count). The quantitative estimate of drug-likeness (QED) is 0.611. The number of rotatable bonds is 2. The van der Waals surface area contributed by atoms with Crippen molar-refractivity contribution in [3.05, 3.63) is 0 Å². The van der Waals surface area contributed by atoms with Crippen LogP contribution in [0.2, 0.25) is 0 Å². The molecular formula is C14H22N2O6. The molecule has 2 aliphatic rings. The number of hydrogen-bond acceptors (Lipinski definition) is 7. The van der Waals surface area contributed by atoms with Crippen molar-refractivity contribution in [3.8, 4) is 0 Å². The molecule has 0 spiro atoms. The predicted octanol–water partition coefficient (Wildman–Crippen LogP) is 1.61. The van der Waals surface area contributed by atoms with Gasteiger partial charge in [-0.1, -0.05) is 5.06 Å². The van der Waals surface area contributed by atoms with Crippen LogP contribution in [0.4, 0.5) is 4.79 Å². The van der Waals surface area contributed by atoms with E-state index < -0.39 is 35.2 Å². The van der Waals surface area contributed by atoms with Crippen LogP contribution >= 0.6 is 0 Å². The Hall–Kier alpha value is -1.67. The molecule has 124 valence electrons. The second-order valence-electron chi connectivity index (χ2n) is 7.01. The highest BCUT2D eigenvalue weighted by Crippen LogP contribution is 2.38. The third-order valence-corrected chi connectivity index (χ3v) is 4.04. The number of carbonyl (C=O) groups is 3. The first-order chi connectivity index (χ1) is 10.0. The van der Waals surface area contributed by atoms with Gasteiger partial charge in [0.1, 0.15) is 6.10 Å². The van der Waals surface area contributed by atoms with Gasteiger partial charge < -0.3 is 9.94 Å². The summed E-state index contributed by atoms with van der Waals surface area (Å²) in [5.74, 6) is -1.10. The maximum Gasteiger partial charge on any atom is 0.534 e. The van der Waals surface area contributed by atoms with Gasteiger partial charge in [-0.05, 0) is 27.7 Å². The minimum Gasteiger partial charge on any atom is -0.429 e. The third kappa shape index (κ3) is 3.22. The van der Waals surface area contributed by atoms with E-state index in [1.54, 1.807) is 0 Å². The van der Waals surface area contributed by atoms with Gasteiger partial charge in [0.05, 0.1) is 0 Å². The topological polar surface area (TPSA) is 96.4 Å². The number of carbonyl (C=O) groups excluding carboxylic acids is 3. The lowest BCUT2D eigenvalue weighted by atomic mass is 9.80. The van der Waals surface area contributed by atoms with Gasteiger partial charge in [-0.3, -0.25) is 14.4 Å². The maximum atomic E-state index is 11.8. The normalized spacial score (nSPS) is 25.4. The molecule has 2 saturated heterocycles. The van der Waals surface area contributed by atoms with Crippen LogP contribution in [0.5, 0.6) is 0 Å². The first-order valence-corrected chi connectivity index (χ1v) is 7.26. The minimum absolute atomic E-state index is 0.0368. The Morgan fingerprint density at radius 2 is 1.55 bits per heavy atom. The minimum atomic E-state index is -1.08. The summed E-state index contributed by atoms with van der Waals surface area (Å²) in [7, 11) is 0. The number of piperidine rings is 1. The van der Waals surface area contributed by atoms with E-state index >= 15 is 0 Å². The fourth-order valence-corrected chi connectivity index (χ4v) is 3.15. The lowest BCUT2D eigenvalue weighted by Crippen LogP contribution is -2.60. The molecule has 2 heterocycles. The first-order valence-electron chi connectivity index (χ1n) is 7.26. The van der Waals surface area contributed by atoms with Crippen molar-refractivity contribution in [1.29, 1.82) is 0 Å². The predicted molar refractivity (Wildman–Crippen MR) is 73.5 cm³/mol. The highest BCUT2D eigenvalue weighted by atomic mass is 16.8. The summed E-state index contributed by atoms with van der Waals surface area (Å²) in [5.41, 5.74) is -1.15. The van der Waals surface area contributed by atoms with E-state index in [9.17, 15) is 19.6 Å². The summed E-state index contributed by atoms with van der Waals surface area (Å²) in [6.07, 6.45) is -0.668. The van der Waals surface area contributed by atoms with Gasteiger partial charge in [-0.25, -0.2) is 4.79 Å². The molecule has 2 amide bonds. The monoisotopic (exact) mass is 314 g/mol. The van der Waals surface area contributed by atoms with Crippen molar-refractivity contribution in [2.45, 2.75) is 70.6 Å². The average Bonchev–Trinajstić information content (AvgIpc) is 2.67. The Balaban J connectivity index is 1.97. The Kier molecular flexibility index (Phi) is 4.18. The number of nitrogens with zero attached hydrogens (tertiary/aromatic N) is 2. The summed E-state index contributed by atoms with van der Waals surface area (Å²) in [6.45, 7) is 7.35. The molecule has 0 unspecified atom stereocenters. The molecule has 8 heteroatoms. The second kappa shape index (κ2) is 5.51. The zero-order chi connectivity index (χ0) is 16.7. The standard InChI is InChI=1S/C14H22N2O6/c1-13(2)7-9(8-14(3,4)16(13)20)21-12(19)22-15-10(17)5-6-11(15)18/h9,20H,5-8H2,1-4H3. The summed E-state index contributed by atoms with van der Waals surface area (Å²) in [5, 5.41) is 11.9. The van der Waals surface area contributed by atoms with Crippen LogP contribution in [0, 0.1) is 0 Å². The number of amides is 2. The highest BCUT2D eigenvalue weighted by Gasteiger charge is 2.47. The summed E-state index contributed by atoms with van der Waals surface area (Å²) in [4.78, 5) is 39.3. The van der Waals surface area contributed by atoms with Crippen LogP contribution in [0.25, 0.3) is 0 Å². The lowest BCUT2D eigenvalue weighted by Gasteiger charge is -2.50. The van der Waals surface area contributed by atoms with Crippen molar-refractivity contribution in [2.24, 2.45) is 0 Å². The zero-order valence-electron chi connectivity index (χ0n) is 13.3. The molecule has 8 nitrogen and oxygen atoms in total. The Morgan fingerprint density at radius 1 is 1.09 bits per heavy atom. The van der Waals surface area contributed by atoms with E-state index in [1.165, 1.54) is 5.06 Å². The fraction of sp³-hybridized carbons (Fsp3) is 0.786. The summed E-state index contributed by atoms with van der Waals surface area (Å²) < 4.78 is 5.22. The molecule has 22 heavy (non-hydrogen) atoms. The Morgan fingerprint density at radius 3 is 2.00 bits per heavy atom. The van der Waals surface area contributed by atoms with Crippen LogP contribution in [-0.2, 0) is 19.2 Å². The molecular weight excluding hydrogens is 292 g/mol. The van der Waals surface area contributed by atoms with E-state index in [1.807, 2.05) is 27.7 Å². The van der Waals surface area contributed by atoms with Crippen LogP contribution in [0.1, 0.15) is 53.4 Å². The number of imide groups is 1. The molecule has 0 aromatic carbocycles. The van der Waals surface area contributed by atoms with Crippen LogP contribution in [-0.4, -0.2) is 50.5 Å². The second-order valence-corrected chi connectivity index (χ2v) is 7.01. The highest BCUT2D eigenvalue weighted by molar-refractivity contribution is 6.01. The molecule has 0 atom stereocenters. The lowest BCUT2D eigenvalue weighted by molar-refractivity contribution is -0.259. The first kappa shape index (κ1) is 16.7. The van der Waals surface area contributed by atoms with Gasteiger partial charge in [-0.2, -0.15) is 5.06 Å². The van der Waals surface area contributed by atoms with Gasteiger partial charge in [0.25, 0.3) is 11.8 Å². The average molecular weight is 314 g/mol. The van der Waals surface area contributed by atoms with Crippen molar-refractivity contribution in [2.75, 3.05) is 0 Å². The van der Waals surface area contributed by atoms with E-state index in [-0.39, 0.29) is 12.8 Å².